The molecule has 1 fully saturated rings. The molecule has 4 rings (SSSR count). The number of ether oxygens (including phenoxy) is 1. The van der Waals surface area contributed by atoms with Crippen LogP contribution in [0.1, 0.15) is 95.1 Å². The Balaban J connectivity index is 0.00000484. The summed E-state index contributed by atoms with van der Waals surface area (Å²) in [5.74, 6) is 1.13. The highest BCUT2D eigenvalue weighted by Crippen LogP contribution is 2.40. The summed E-state index contributed by atoms with van der Waals surface area (Å²) in [6, 6.07) is 7.53. The zero-order valence-corrected chi connectivity index (χ0v) is 28.1. The Hall–Kier alpha value is -3.14. The number of nitrogens with one attached hydrogen (secondary N) is 1. The molecule has 1 aromatic carbocycles. The smallest absolute Gasteiger partial charge is 0.410 e. The number of rotatable bonds is 4. The summed E-state index contributed by atoms with van der Waals surface area (Å²) in [5.41, 5.74) is 2.31. The van der Waals surface area contributed by atoms with Crippen molar-refractivity contribution in [2.45, 2.75) is 85.3 Å². The van der Waals surface area contributed by atoms with Crippen LogP contribution < -0.4 is 4.90 Å². The molecule has 0 saturated carbocycles. The van der Waals surface area contributed by atoms with Gasteiger partial charge in [-0.15, -0.1) is 17.0 Å². The van der Waals surface area contributed by atoms with Crippen LogP contribution in [0.4, 0.5) is 10.6 Å². The van der Waals surface area contributed by atoms with Gasteiger partial charge < -0.3 is 24.5 Å². The Morgan fingerprint density at radius 3 is 1.98 bits per heavy atom. The number of carbonyl (C=O) groups is 2. The molecule has 0 aliphatic carbocycles. The zero-order chi connectivity index (χ0) is 30.5. The molecule has 2 N–H and O–H groups in total. The molecule has 0 unspecified atom stereocenters. The minimum atomic E-state index is -0.532. The molecule has 9 nitrogen and oxygen atoms in total. The fourth-order valence-electron chi connectivity index (χ4n) is 5.20. The van der Waals surface area contributed by atoms with Crippen LogP contribution in [0.25, 0.3) is 0 Å². The number of amidine groups is 1. The van der Waals surface area contributed by atoms with Crippen molar-refractivity contribution in [1.82, 2.24) is 14.8 Å². The first-order valence-corrected chi connectivity index (χ1v) is 14.3. The van der Waals surface area contributed by atoms with Crippen molar-refractivity contribution >= 4 is 40.5 Å². The molecule has 42 heavy (non-hydrogen) atoms. The maximum atomic E-state index is 13.6. The Kier molecular flexibility index (Phi) is 9.42. The lowest BCUT2D eigenvalue weighted by Gasteiger charge is -2.36. The number of amides is 1. The number of Topliss-reactive ketones (excluding diaryl/α,β-unsaturated/α-hetero) is 1. The van der Waals surface area contributed by atoms with E-state index in [0.29, 0.717) is 44.0 Å². The van der Waals surface area contributed by atoms with Crippen LogP contribution in [0.3, 0.4) is 0 Å². The first-order valence-electron chi connectivity index (χ1n) is 14.3. The SMILES string of the molecule is Br.CC(C)(C)OC(=O)N1CCN(c2ccc3c(n2)C(=N)N(CC(=O)c2cc(C(C)(C)C)c(O)c(C(C)(C)C)c2)C3)CC1. The third-order valence-corrected chi connectivity index (χ3v) is 7.50. The van der Waals surface area contributed by atoms with E-state index in [0.717, 1.165) is 22.5 Å². The number of phenolic OH excluding ortho intramolecular Hbond substituents is 1. The highest BCUT2D eigenvalue weighted by Gasteiger charge is 2.32. The quantitative estimate of drug-likeness (QED) is 0.391. The van der Waals surface area contributed by atoms with Crippen molar-refractivity contribution < 1.29 is 19.4 Å². The molecule has 2 aromatic rings. The van der Waals surface area contributed by atoms with E-state index in [1.807, 2.05) is 74.4 Å². The lowest BCUT2D eigenvalue weighted by atomic mass is 9.78. The highest BCUT2D eigenvalue weighted by molar-refractivity contribution is 8.93. The van der Waals surface area contributed by atoms with E-state index >= 15 is 0 Å². The molecule has 0 spiro atoms. The van der Waals surface area contributed by atoms with Gasteiger partial charge in [-0.3, -0.25) is 10.2 Å². The minimum absolute atomic E-state index is 0. The van der Waals surface area contributed by atoms with Gasteiger partial charge >= 0.3 is 6.09 Å². The summed E-state index contributed by atoms with van der Waals surface area (Å²) in [6.45, 7) is 20.5. The number of carbonyl (C=O) groups excluding carboxylic acids is 2. The van der Waals surface area contributed by atoms with Gasteiger partial charge in [-0.25, -0.2) is 9.78 Å². The van der Waals surface area contributed by atoms with Crippen LogP contribution in [-0.4, -0.2) is 75.9 Å². The molecular formula is C32H46BrN5O4. The summed E-state index contributed by atoms with van der Waals surface area (Å²) in [6.07, 6.45) is -0.306. The van der Waals surface area contributed by atoms with Crippen LogP contribution in [0.5, 0.6) is 5.75 Å². The number of fused-ring (bicyclic) bond motifs is 1. The second-order valence-electron chi connectivity index (χ2n) is 14.2. The number of nitrogens with zero attached hydrogens (tertiary/aromatic N) is 4. The lowest BCUT2D eigenvalue weighted by Crippen LogP contribution is -2.50. The number of hydrogen-bond donors (Lipinski definition) is 2. The number of aromatic hydroxyl groups is 1. The van der Waals surface area contributed by atoms with Gasteiger partial charge in [0.1, 0.15) is 28.7 Å². The highest BCUT2D eigenvalue weighted by atomic mass is 79.9. The fraction of sp³-hybridized carbons (Fsp3) is 0.562. The van der Waals surface area contributed by atoms with Crippen molar-refractivity contribution in [1.29, 1.82) is 5.41 Å². The van der Waals surface area contributed by atoms with Crippen molar-refractivity contribution in [3.8, 4) is 5.75 Å². The lowest BCUT2D eigenvalue weighted by molar-refractivity contribution is 0.0240. The third kappa shape index (κ3) is 7.25. The molecule has 0 radical (unpaired) electrons. The van der Waals surface area contributed by atoms with Gasteiger partial charge in [0.05, 0.1) is 6.54 Å². The number of pyridine rings is 1. The Morgan fingerprint density at radius 1 is 0.929 bits per heavy atom. The zero-order valence-electron chi connectivity index (χ0n) is 26.4. The van der Waals surface area contributed by atoms with Crippen LogP contribution >= 0.6 is 17.0 Å². The van der Waals surface area contributed by atoms with Crippen molar-refractivity contribution in [3.63, 3.8) is 0 Å². The number of piperazine rings is 1. The molecule has 2 aliphatic rings. The minimum Gasteiger partial charge on any atom is -0.507 e. The Bertz CT molecular complexity index is 1330. The monoisotopic (exact) mass is 643 g/mol. The van der Waals surface area contributed by atoms with E-state index in [-0.39, 0.29) is 57.8 Å². The third-order valence-electron chi connectivity index (χ3n) is 7.50. The molecular weight excluding hydrogens is 598 g/mol. The number of anilines is 1. The first kappa shape index (κ1) is 33.4. The van der Waals surface area contributed by atoms with Crippen molar-refractivity contribution in [3.05, 3.63) is 52.2 Å². The summed E-state index contributed by atoms with van der Waals surface area (Å²) >= 11 is 0. The normalized spacial score (nSPS) is 15.8. The fourth-order valence-corrected chi connectivity index (χ4v) is 5.20. The summed E-state index contributed by atoms with van der Waals surface area (Å²) < 4.78 is 5.50. The molecule has 1 saturated heterocycles. The topological polar surface area (TPSA) is 110 Å². The first-order chi connectivity index (χ1) is 18.8. The second kappa shape index (κ2) is 11.9. The van der Waals surface area contributed by atoms with Crippen LogP contribution in [-0.2, 0) is 22.1 Å². The number of phenols is 1. The van der Waals surface area contributed by atoms with E-state index in [1.165, 1.54) is 0 Å². The van der Waals surface area contributed by atoms with E-state index in [9.17, 15) is 14.7 Å². The molecule has 10 heteroatoms. The van der Waals surface area contributed by atoms with Gasteiger partial charge in [0.25, 0.3) is 0 Å². The molecule has 1 amide bonds. The second-order valence-corrected chi connectivity index (χ2v) is 14.2. The van der Waals surface area contributed by atoms with Gasteiger partial charge in [0.15, 0.2) is 5.78 Å². The summed E-state index contributed by atoms with van der Waals surface area (Å²) in [7, 11) is 0. The van der Waals surface area contributed by atoms with Gasteiger partial charge in [-0.2, -0.15) is 0 Å². The van der Waals surface area contributed by atoms with Gasteiger partial charge in [0, 0.05) is 55.0 Å². The predicted molar refractivity (Wildman–Crippen MR) is 172 cm³/mol. The molecule has 0 bridgehead atoms. The largest absolute Gasteiger partial charge is 0.507 e. The Morgan fingerprint density at radius 2 is 1.48 bits per heavy atom. The average molecular weight is 645 g/mol. The number of halogens is 1. The summed E-state index contributed by atoms with van der Waals surface area (Å²) in [4.78, 5) is 36.4. The number of ketones is 1. The molecule has 0 atom stereocenters. The van der Waals surface area contributed by atoms with E-state index in [1.54, 1.807) is 21.9 Å². The van der Waals surface area contributed by atoms with E-state index < -0.39 is 5.60 Å². The number of hydrogen-bond acceptors (Lipinski definition) is 7. The van der Waals surface area contributed by atoms with Crippen molar-refractivity contribution in [2.75, 3.05) is 37.6 Å². The number of aromatic nitrogens is 1. The molecule has 3 heterocycles. The van der Waals surface area contributed by atoms with Gasteiger partial charge in [0.2, 0.25) is 0 Å². The summed E-state index contributed by atoms with van der Waals surface area (Å²) in [5, 5.41) is 19.9. The molecule has 1 aromatic heterocycles. The Labute approximate surface area is 260 Å². The van der Waals surface area contributed by atoms with Crippen molar-refractivity contribution in [2.24, 2.45) is 0 Å². The predicted octanol–water partition coefficient (Wildman–Crippen LogP) is 6.04. The van der Waals surface area contributed by atoms with Gasteiger partial charge in [-0.1, -0.05) is 47.6 Å². The molecule has 230 valence electrons. The number of benzene rings is 1. The molecule has 2 aliphatic heterocycles. The average Bonchev–Trinajstić information content (AvgIpc) is 3.16. The van der Waals surface area contributed by atoms with E-state index in [2.05, 4.69) is 4.90 Å². The van der Waals surface area contributed by atoms with Crippen LogP contribution in [0, 0.1) is 5.41 Å². The maximum absolute atomic E-state index is 13.6. The van der Waals surface area contributed by atoms with E-state index in [4.69, 9.17) is 15.1 Å². The van der Waals surface area contributed by atoms with Crippen LogP contribution in [0.2, 0.25) is 0 Å². The van der Waals surface area contributed by atoms with Crippen LogP contribution in [0.15, 0.2) is 24.3 Å². The van der Waals surface area contributed by atoms with Gasteiger partial charge in [-0.05, 0) is 49.8 Å². The standard InChI is InChI=1S/C32H45N5O4.BrH/c1-30(2,3)22-16-21(17-23(27(22)39)31(4,5)6)24(38)19-37-18-20-10-11-25(34-26(20)28(37)33)35-12-14-36(15-13-35)29(40)41-32(7,8)9;/h10-11,16-17,33,39H,12-15,18-19H2,1-9H3;1H. The maximum Gasteiger partial charge on any atom is 0.410 e.